The quantitative estimate of drug-likeness (QED) is 0.751. The molecule has 0 bridgehead atoms. The standard InChI is InChI=1S/C12H20O4/c1-15-12(16-2)7-11(8-12)5-3-9(4-6-11)10(13)14/h9H,3-8H2,1-2H3,(H,13,14). The van der Waals surface area contributed by atoms with E-state index in [1.54, 1.807) is 14.2 Å². The number of carboxylic acid groups (broad SMARTS) is 1. The van der Waals surface area contributed by atoms with Crippen molar-refractivity contribution >= 4 is 5.97 Å². The maximum atomic E-state index is 10.9. The van der Waals surface area contributed by atoms with Crippen LogP contribution in [0.25, 0.3) is 0 Å². The molecule has 0 aromatic heterocycles. The fourth-order valence-corrected chi connectivity index (χ4v) is 3.29. The Morgan fingerprint density at radius 3 is 2.06 bits per heavy atom. The van der Waals surface area contributed by atoms with E-state index in [1.807, 2.05) is 0 Å². The number of rotatable bonds is 3. The predicted octanol–water partition coefficient (Wildman–Crippen LogP) is 2.03. The van der Waals surface area contributed by atoms with E-state index in [0.717, 1.165) is 38.5 Å². The summed E-state index contributed by atoms with van der Waals surface area (Å²) in [5.41, 5.74) is 0.290. The van der Waals surface area contributed by atoms with Crippen molar-refractivity contribution in [3.8, 4) is 0 Å². The smallest absolute Gasteiger partial charge is 0.306 e. The maximum absolute atomic E-state index is 10.9. The Labute approximate surface area is 95.9 Å². The molecule has 0 amide bonds. The maximum Gasteiger partial charge on any atom is 0.306 e. The lowest BCUT2D eigenvalue weighted by atomic mass is 9.56. The van der Waals surface area contributed by atoms with Crippen LogP contribution in [0.5, 0.6) is 0 Å². The Bertz CT molecular complexity index is 265. The van der Waals surface area contributed by atoms with Crippen LogP contribution in [-0.4, -0.2) is 31.1 Å². The molecule has 0 unspecified atom stereocenters. The van der Waals surface area contributed by atoms with Gasteiger partial charge in [-0.15, -0.1) is 0 Å². The molecule has 2 aliphatic rings. The molecule has 2 fully saturated rings. The van der Waals surface area contributed by atoms with Crippen molar-refractivity contribution in [2.24, 2.45) is 11.3 Å². The molecule has 0 saturated heterocycles. The van der Waals surface area contributed by atoms with Crippen LogP contribution in [0.15, 0.2) is 0 Å². The number of carboxylic acids is 1. The molecule has 1 spiro atoms. The Kier molecular flexibility index (Phi) is 2.97. The van der Waals surface area contributed by atoms with Gasteiger partial charge in [-0.25, -0.2) is 0 Å². The number of aliphatic carboxylic acids is 1. The van der Waals surface area contributed by atoms with Crippen LogP contribution in [0.2, 0.25) is 0 Å². The van der Waals surface area contributed by atoms with Gasteiger partial charge in [0, 0.05) is 27.1 Å². The van der Waals surface area contributed by atoms with E-state index in [9.17, 15) is 4.79 Å². The largest absolute Gasteiger partial charge is 0.481 e. The van der Waals surface area contributed by atoms with Gasteiger partial charge in [0.1, 0.15) is 0 Å². The Morgan fingerprint density at radius 2 is 1.69 bits per heavy atom. The summed E-state index contributed by atoms with van der Waals surface area (Å²) in [6, 6.07) is 0. The second-order valence-corrected chi connectivity index (χ2v) is 5.28. The van der Waals surface area contributed by atoms with Crippen LogP contribution >= 0.6 is 0 Å². The van der Waals surface area contributed by atoms with Crippen LogP contribution < -0.4 is 0 Å². The second kappa shape index (κ2) is 4.00. The Morgan fingerprint density at radius 1 is 1.19 bits per heavy atom. The third kappa shape index (κ3) is 1.84. The summed E-state index contributed by atoms with van der Waals surface area (Å²) in [4.78, 5) is 10.9. The van der Waals surface area contributed by atoms with Gasteiger partial charge < -0.3 is 14.6 Å². The predicted molar refractivity (Wildman–Crippen MR) is 58.0 cm³/mol. The van der Waals surface area contributed by atoms with Gasteiger partial charge in [-0.3, -0.25) is 4.79 Å². The van der Waals surface area contributed by atoms with Crippen LogP contribution in [0.3, 0.4) is 0 Å². The van der Waals surface area contributed by atoms with Crippen LogP contribution in [-0.2, 0) is 14.3 Å². The molecular weight excluding hydrogens is 208 g/mol. The number of methoxy groups -OCH3 is 2. The zero-order chi connectivity index (χ0) is 11.8. The molecular formula is C12H20O4. The SMILES string of the molecule is COC1(OC)CC2(CCC(C(=O)O)CC2)C1. The zero-order valence-corrected chi connectivity index (χ0v) is 9.99. The van der Waals surface area contributed by atoms with Crippen LogP contribution in [0, 0.1) is 11.3 Å². The number of ether oxygens (including phenoxy) is 2. The summed E-state index contributed by atoms with van der Waals surface area (Å²) in [7, 11) is 3.36. The van der Waals surface area contributed by atoms with Crippen molar-refractivity contribution in [3.05, 3.63) is 0 Å². The molecule has 0 atom stereocenters. The van der Waals surface area contributed by atoms with E-state index >= 15 is 0 Å². The summed E-state index contributed by atoms with van der Waals surface area (Å²) in [6.07, 6.45) is 5.44. The molecule has 0 aromatic rings. The fourth-order valence-electron chi connectivity index (χ4n) is 3.29. The van der Waals surface area contributed by atoms with Crippen molar-refractivity contribution in [3.63, 3.8) is 0 Å². The first-order valence-corrected chi connectivity index (χ1v) is 5.88. The normalized spacial score (nSPS) is 27.6. The average molecular weight is 228 g/mol. The topological polar surface area (TPSA) is 55.8 Å². The summed E-state index contributed by atoms with van der Waals surface area (Å²) in [5, 5.41) is 8.94. The van der Waals surface area contributed by atoms with Crippen molar-refractivity contribution < 1.29 is 19.4 Å². The first-order chi connectivity index (χ1) is 7.55. The van der Waals surface area contributed by atoms with Crippen LogP contribution in [0.4, 0.5) is 0 Å². The van der Waals surface area contributed by atoms with Crippen molar-refractivity contribution in [2.75, 3.05) is 14.2 Å². The van der Waals surface area contributed by atoms with E-state index in [-0.39, 0.29) is 11.3 Å². The first-order valence-electron chi connectivity index (χ1n) is 5.88. The Balaban J connectivity index is 1.89. The summed E-state index contributed by atoms with van der Waals surface area (Å²) in [6.45, 7) is 0. The Hall–Kier alpha value is -0.610. The van der Waals surface area contributed by atoms with E-state index < -0.39 is 11.8 Å². The summed E-state index contributed by atoms with van der Waals surface area (Å²) < 4.78 is 10.8. The molecule has 1 N–H and O–H groups in total. The lowest BCUT2D eigenvalue weighted by Gasteiger charge is -2.56. The van der Waals surface area contributed by atoms with Gasteiger partial charge >= 0.3 is 5.97 Å². The molecule has 0 heterocycles. The molecule has 0 aliphatic heterocycles. The molecule has 2 saturated carbocycles. The van der Waals surface area contributed by atoms with Gasteiger partial charge in [-0.05, 0) is 31.1 Å². The van der Waals surface area contributed by atoms with Crippen LogP contribution in [0.1, 0.15) is 38.5 Å². The average Bonchev–Trinajstić information content (AvgIpc) is 2.25. The van der Waals surface area contributed by atoms with E-state index in [1.165, 1.54) is 0 Å². The minimum atomic E-state index is -0.640. The number of hydrogen-bond donors (Lipinski definition) is 1. The first kappa shape index (κ1) is 11.9. The second-order valence-electron chi connectivity index (χ2n) is 5.28. The van der Waals surface area contributed by atoms with Gasteiger partial charge in [0.25, 0.3) is 0 Å². The third-order valence-electron chi connectivity index (χ3n) is 4.43. The fraction of sp³-hybridized carbons (Fsp3) is 0.917. The monoisotopic (exact) mass is 228 g/mol. The van der Waals surface area contributed by atoms with Gasteiger partial charge in [-0.1, -0.05) is 0 Å². The number of hydrogen-bond acceptors (Lipinski definition) is 3. The molecule has 16 heavy (non-hydrogen) atoms. The summed E-state index contributed by atoms with van der Waals surface area (Å²) >= 11 is 0. The van der Waals surface area contributed by atoms with Gasteiger partial charge in [0.05, 0.1) is 5.92 Å². The van der Waals surface area contributed by atoms with Crippen molar-refractivity contribution in [2.45, 2.75) is 44.3 Å². The molecule has 4 heteroatoms. The molecule has 0 aromatic carbocycles. The minimum Gasteiger partial charge on any atom is -0.481 e. The van der Waals surface area contributed by atoms with E-state index in [0.29, 0.717) is 0 Å². The van der Waals surface area contributed by atoms with E-state index in [2.05, 4.69) is 0 Å². The van der Waals surface area contributed by atoms with Gasteiger partial charge in [0.15, 0.2) is 5.79 Å². The lowest BCUT2D eigenvalue weighted by molar-refractivity contribution is -0.303. The summed E-state index contributed by atoms with van der Waals surface area (Å²) in [5.74, 6) is -1.17. The zero-order valence-electron chi connectivity index (χ0n) is 9.99. The van der Waals surface area contributed by atoms with Gasteiger partial charge in [-0.2, -0.15) is 0 Å². The number of carbonyl (C=O) groups is 1. The molecule has 2 aliphatic carbocycles. The molecule has 2 rings (SSSR count). The van der Waals surface area contributed by atoms with Gasteiger partial charge in [0.2, 0.25) is 0 Å². The minimum absolute atomic E-state index is 0.134. The highest BCUT2D eigenvalue weighted by Crippen LogP contribution is 2.58. The molecule has 4 nitrogen and oxygen atoms in total. The molecule has 0 radical (unpaired) electrons. The van der Waals surface area contributed by atoms with E-state index in [4.69, 9.17) is 14.6 Å². The van der Waals surface area contributed by atoms with Crippen molar-refractivity contribution in [1.29, 1.82) is 0 Å². The third-order valence-corrected chi connectivity index (χ3v) is 4.43. The molecule has 92 valence electrons. The highest BCUT2D eigenvalue weighted by Gasteiger charge is 2.56. The highest BCUT2D eigenvalue weighted by molar-refractivity contribution is 5.70. The lowest BCUT2D eigenvalue weighted by Crippen LogP contribution is -2.55. The van der Waals surface area contributed by atoms with Crippen molar-refractivity contribution in [1.82, 2.24) is 0 Å². The highest BCUT2D eigenvalue weighted by atomic mass is 16.7.